The van der Waals surface area contributed by atoms with Crippen LogP contribution in [0.15, 0.2) is 49.4 Å². The second kappa shape index (κ2) is 7.74. The number of aryl methyl sites for hydroxylation is 3. The monoisotopic (exact) mass is 338 g/mol. The van der Waals surface area contributed by atoms with E-state index in [1.807, 2.05) is 41.8 Å². The number of nitrogens with zero attached hydrogens (tertiary/aromatic N) is 6. The fourth-order valence-electron chi connectivity index (χ4n) is 2.81. The van der Waals surface area contributed by atoms with Gasteiger partial charge in [-0.2, -0.15) is 5.10 Å². The summed E-state index contributed by atoms with van der Waals surface area (Å²) in [5.74, 6) is 0.0000779. The summed E-state index contributed by atoms with van der Waals surface area (Å²) in [7, 11) is 1.83. The molecule has 0 N–H and O–H groups in total. The molecule has 0 aliphatic carbocycles. The van der Waals surface area contributed by atoms with Gasteiger partial charge >= 0.3 is 0 Å². The van der Waals surface area contributed by atoms with Gasteiger partial charge in [-0.05, 0) is 25.0 Å². The second-order valence-electron chi connectivity index (χ2n) is 6.04. The largest absolute Gasteiger partial charge is 0.337 e. The lowest BCUT2D eigenvalue weighted by Gasteiger charge is -2.22. The number of pyridine rings is 1. The first-order valence-electron chi connectivity index (χ1n) is 8.27. The smallest absolute Gasteiger partial charge is 0.257 e. The molecule has 0 spiro atoms. The van der Waals surface area contributed by atoms with E-state index in [4.69, 9.17) is 0 Å². The van der Waals surface area contributed by atoms with Gasteiger partial charge in [0.15, 0.2) is 0 Å². The fourth-order valence-corrected chi connectivity index (χ4v) is 2.81. The number of carbonyl (C=O) groups excluding carboxylic acids is 1. The highest BCUT2D eigenvalue weighted by molar-refractivity contribution is 5.95. The molecule has 0 radical (unpaired) electrons. The molecule has 0 aliphatic rings. The van der Waals surface area contributed by atoms with Crippen LogP contribution in [0.3, 0.4) is 0 Å². The zero-order valence-corrected chi connectivity index (χ0v) is 14.5. The second-order valence-corrected chi connectivity index (χ2v) is 6.04. The van der Waals surface area contributed by atoms with Gasteiger partial charge in [-0.15, -0.1) is 0 Å². The van der Waals surface area contributed by atoms with E-state index in [2.05, 4.69) is 15.1 Å². The molecule has 0 aromatic carbocycles. The maximum absolute atomic E-state index is 13.0. The highest BCUT2D eigenvalue weighted by Gasteiger charge is 2.20. The van der Waals surface area contributed by atoms with Gasteiger partial charge in [-0.3, -0.25) is 14.5 Å². The minimum atomic E-state index is 0.0000779. The summed E-state index contributed by atoms with van der Waals surface area (Å²) in [4.78, 5) is 23.1. The molecule has 3 aromatic rings. The molecule has 0 aliphatic heterocycles. The Kier molecular flexibility index (Phi) is 5.23. The van der Waals surface area contributed by atoms with Gasteiger partial charge in [0, 0.05) is 57.7 Å². The maximum Gasteiger partial charge on any atom is 0.257 e. The average molecular weight is 338 g/mol. The Bertz CT molecular complexity index is 809. The van der Waals surface area contributed by atoms with Gasteiger partial charge in [0.2, 0.25) is 0 Å². The Morgan fingerprint density at radius 3 is 2.80 bits per heavy atom. The Labute approximate surface area is 146 Å². The van der Waals surface area contributed by atoms with Gasteiger partial charge < -0.3 is 9.47 Å². The first kappa shape index (κ1) is 16.9. The van der Waals surface area contributed by atoms with Crippen molar-refractivity contribution in [2.24, 2.45) is 7.05 Å². The minimum absolute atomic E-state index is 0.0000779. The van der Waals surface area contributed by atoms with Crippen LogP contribution in [-0.4, -0.2) is 41.7 Å². The van der Waals surface area contributed by atoms with Crippen molar-refractivity contribution in [3.63, 3.8) is 0 Å². The molecular weight excluding hydrogens is 316 g/mol. The lowest BCUT2D eigenvalue weighted by Crippen LogP contribution is -2.32. The van der Waals surface area contributed by atoms with E-state index in [1.54, 1.807) is 35.8 Å². The van der Waals surface area contributed by atoms with Crippen molar-refractivity contribution >= 4 is 5.91 Å². The van der Waals surface area contributed by atoms with Crippen LogP contribution >= 0.6 is 0 Å². The number of hydrogen-bond donors (Lipinski definition) is 0. The zero-order valence-electron chi connectivity index (χ0n) is 14.5. The van der Waals surface area contributed by atoms with E-state index < -0.39 is 0 Å². The Morgan fingerprint density at radius 2 is 2.16 bits per heavy atom. The molecule has 0 saturated carbocycles. The predicted octanol–water partition coefficient (Wildman–Crippen LogP) is 2.05. The summed E-state index contributed by atoms with van der Waals surface area (Å²) >= 11 is 0. The zero-order chi connectivity index (χ0) is 17.6. The Hall–Kier alpha value is -2.96. The number of rotatable bonds is 7. The van der Waals surface area contributed by atoms with Crippen LogP contribution in [0.1, 0.15) is 28.0 Å². The van der Waals surface area contributed by atoms with Crippen molar-refractivity contribution in [1.29, 1.82) is 0 Å². The number of carbonyl (C=O) groups is 1. The summed E-state index contributed by atoms with van der Waals surface area (Å²) in [5.41, 5.74) is 2.41. The van der Waals surface area contributed by atoms with Gasteiger partial charge in [0.1, 0.15) is 0 Å². The van der Waals surface area contributed by atoms with Crippen LogP contribution in [0.4, 0.5) is 0 Å². The minimum Gasteiger partial charge on any atom is -0.337 e. The Balaban J connectivity index is 1.73. The highest BCUT2D eigenvalue weighted by Crippen LogP contribution is 2.13. The molecule has 7 heteroatoms. The predicted molar refractivity (Wildman–Crippen MR) is 93.8 cm³/mol. The Morgan fingerprint density at radius 1 is 1.28 bits per heavy atom. The molecule has 25 heavy (non-hydrogen) atoms. The number of aromatic nitrogens is 5. The van der Waals surface area contributed by atoms with Crippen molar-refractivity contribution in [3.05, 3.63) is 66.3 Å². The molecule has 130 valence electrons. The van der Waals surface area contributed by atoms with Crippen molar-refractivity contribution in [3.8, 4) is 0 Å². The van der Waals surface area contributed by atoms with Crippen LogP contribution in [0, 0.1) is 6.92 Å². The average Bonchev–Trinajstić information content (AvgIpc) is 3.23. The first-order valence-corrected chi connectivity index (χ1v) is 8.27. The lowest BCUT2D eigenvalue weighted by atomic mass is 10.2. The molecule has 3 rings (SSSR count). The quantitative estimate of drug-likeness (QED) is 0.661. The highest BCUT2D eigenvalue weighted by atomic mass is 16.2. The molecule has 0 bridgehead atoms. The molecule has 3 aromatic heterocycles. The van der Waals surface area contributed by atoms with Crippen LogP contribution in [0.5, 0.6) is 0 Å². The van der Waals surface area contributed by atoms with Crippen molar-refractivity contribution in [2.75, 3.05) is 6.54 Å². The molecule has 0 saturated heterocycles. The van der Waals surface area contributed by atoms with E-state index in [9.17, 15) is 4.79 Å². The molecular formula is C18H22N6O. The van der Waals surface area contributed by atoms with Crippen molar-refractivity contribution in [1.82, 2.24) is 29.2 Å². The summed E-state index contributed by atoms with van der Waals surface area (Å²) in [6, 6.07) is 3.87. The topological polar surface area (TPSA) is 68.8 Å². The molecule has 0 unspecified atom stereocenters. The van der Waals surface area contributed by atoms with E-state index in [0.717, 1.165) is 24.2 Å². The van der Waals surface area contributed by atoms with Gasteiger partial charge in [-0.25, -0.2) is 4.98 Å². The SMILES string of the molecule is Cc1nn(C)cc1C(=O)N(CCCn1ccnc1)Cc1cccnc1. The molecule has 0 fully saturated rings. The molecule has 7 nitrogen and oxygen atoms in total. The van der Waals surface area contributed by atoms with E-state index >= 15 is 0 Å². The summed E-state index contributed by atoms with van der Waals surface area (Å²) in [6.45, 7) is 3.87. The van der Waals surface area contributed by atoms with E-state index in [-0.39, 0.29) is 5.91 Å². The van der Waals surface area contributed by atoms with Crippen molar-refractivity contribution < 1.29 is 4.79 Å². The fraction of sp³-hybridized carbons (Fsp3) is 0.333. The number of imidazole rings is 1. The molecule has 0 atom stereocenters. The van der Waals surface area contributed by atoms with Crippen molar-refractivity contribution in [2.45, 2.75) is 26.4 Å². The maximum atomic E-state index is 13.0. The number of hydrogen-bond acceptors (Lipinski definition) is 4. The van der Waals surface area contributed by atoms with E-state index in [0.29, 0.717) is 18.7 Å². The summed E-state index contributed by atoms with van der Waals surface area (Å²) in [6.07, 6.45) is 11.6. The normalized spacial score (nSPS) is 10.8. The summed E-state index contributed by atoms with van der Waals surface area (Å²) in [5, 5.41) is 4.29. The third-order valence-electron chi connectivity index (χ3n) is 4.03. The first-order chi connectivity index (χ1) is 12.1. The standard InChI is InChI=1S/C18H22N6O/c1-15-17(13-22(2)21-15)18(25)24(12-16-5-3-6-19-11-16)9-4-8-23-10-7-20-14-23/h3,5-7,10-11,13-14H,4,8-9,12H2,1-2H3. The van der Waals surface area contributed by atoms with Gasteiger partial charge in [0.05, 0.1) is 17.6 Å². The van der Waals surface area contributed by atoms with Crippen LogP contribution in [0.2, 0.25) is 0 Å². The van der Waals surface area contributed by atoms with Crippen LogP contribution < -0.4 is 0 Å². The van der Waals surface area contributed by atoms with E-state index in [1.165, 1.54) is 0 Å². The third kappa shape index (κ3) is 4.32. The van der Waals surface area contributed by atoms with Crippen LogP contribution in [-0.2, 0) is 20.1 Å². The van der Waals surface area contributed by atoms with Gasteiger partial charge in [-0.1, -0.05) is 6.07 Å². The summed E-state index contributed by atoms with van der Waals surface area (Å²) < 4.78 is 3.69. The molecule has 3 heterocycles. The van der Waals surface area contributed by atoms with Gasteiger partial charge in [0.25, 0.3) is 5.91 Å². The molecule has 1 amide bonds. The number of amides is 1. The lowest BCUT2D eigenvalue weighted by molar-refractivity contribution is 0.0738. The third-order valence-corrected chi connectivity index (χ3v) is 4.03. The van der Waals surface area contributed by atoms with Crippen LogP contribution in [0.25, 0.3) is 0 Å².